The number of anilines is 6. The Morgan fingerprint density at radius 1 is 0.584 bits per heavy atom. The molecule has 0 saturated carbocycles. The quantitative estimate of drug-likeness (QED) is 0.0265. The van der Waals surface area contributed by atoms with Crippen molar-refractivity contribution in [3.8, 4) is 57.0 Å². The Labute approximate surface area is 541 Å². The van der Waals surface area contributed by atoms with E-state index in [9.17, 15) is 9.59 Å². The summed E-state index contributed by atoms with van der Waals surface area (Å²) < 4.78 is 33.6. The fraction of sp³-hybridized carbons (Fsp3) is 0.250. The highest BCUT2D eigenvalue weighted by molar-refractivity contribution is 6.66. The van der Waals surface area contributed by atoms with Crippen molar-refractivity contribution in [1.82, 2.24) is 39.7 Å². The molecule has 0 radical (unpaired) electrons. The van der Waals surface area contributed by atoms with Crippen LogP contribution in [0.5, 0.6) is 34.5 Å². The number of nitrogens with zero attached hydrogens (tertiary/aromatic N) is 8. The van der Waals surface area contributed by atoms with Crippen molar-refractivity contribution >= 4 is 104 Å². The lowest BCUT2D eigenvalue weighted by Crippen LogP contribution is -2.46. The third-order valence-corrected chi connectivity index (χ3v) is 15.7. The largest absolute Gasteiger partial charge is 0.495 e. The van der Waals surface area contributed by atoms with Crippen molar-refractivity contribution in [3.63, 3.8) is 0 Å². The molecule has 464 valence electrons. The van der Waals surface area contributed by atoms with E-state index in [4.69, 9.17) is 92.2 Å². The lowest BCUT2D eigenvalue weighted by atomic mass is 10.0. The minimum absolute atomic E-state index is 0.278. The normalized spacial score (nSPS) is 12.9. The third kappa shape index (κ3) is 17.4. The van der Waals surface area contributed by atoms with Gasteiger partial charge >= 0.3 is 0 Å². The third-order valence-electron chi connectivity index (χ3n) is 14.0. The van der Waals surface area contributed by atoms with Gasteiger partial charge in [-0.25, -0.2) is 29.9 Å². The fourth-order valence-corrected chi connectivity index (χ4v) is 10.7. The van der Waals surface area contributed by atoms with Crippen LogP contribution in [0, 0.1) is 11.8 Å². The van der Waals surface area contributed by atoms with Crippen molar-refractivity contribution in [2.24, 2.45) is 11.8 Å². The van der Waals surface area contributed by atoms with Gasteiger partial charge in [-0.2, -0.15) is 0 Å². The number of hydrogen-bond acceptors (Lipinski definition) is 19. The van der Waals surface area contributed by atoms with E-state index in [1.165, 1.54) is 47.2 Å². The minimum Gasteiger partial charge on any atom is -0.495 e. The fourth-order valence-electron chi connectivity index (χ4n) is 9.54. The van der Waals surface area contributed by atoms with E-state index in [1.54, 1.807) is 30.6 Å². The maximum absolute atomic E-state index is 12.3. The van der Waals surface area contributed by atoms with Crippen molar-refractivity contribution in [2.45, 2.75) is 12.8 Å². The number of ether oxygens (including phenoxy) is 6. The van der Waals surface area contributed by atoms with Crippen molar-refractivity contribution < 1.29 is 38.0 Å². The molecule has 0 unspecified atom stereocenters. The van der Waals surface area contributed by atoms with E-state index in [1.807, 2.05) is 66.7 Å². The molecule has 0 atom stereocenters. The molecule has 0 spiro atoms. The number of nitrogens with one attached hydrogen (secondary N) is 3. The highest BCUT2D eigenvalue weighted by atomic mass is 35.5. The lowest BCUT2D eigenvalue weighted by Gasteiger charge is -2.35. The number of aromatic nitrogens is 6. The second kappa shape index (κ2) is 31.6. The summed E-state index contributed by atoms with van der Waals surface area (Å²) in [6.45, 7) is 12.1. The monoisotopic (exact) mass is 1300 g/mol. The Morgan fingerprint density at radius 2 is 1.00 bits per heavy atom. The summed E-state index contributed by atoms with van der Waals surface area (Å²) in [7, 11) is 10.3. The van der Waals surface area contributed by atoms with Gasteiger partial charge in [-0.3, -0.25) is 9.59 Å². The first-order valence-corrected chi connectivity index (χ1v) is 29.5. The molecule has 10 rings (SSSR count). The SMILES string of the molecule is C=CC(=O)Cl.C=CC(=O)Nc1cc(OCC2CN(C)C2)ccc1Cc1cc(-c2cccnc2Nc2c(Cl)c(OC)cc(OC)c2Cl)ncn1.COc1cc(OC)c(Cl)c(Nc2ncccc2-c2cc(Cc3ccc(OCC4CN(C)C4)cc3N)ncn2)c1Cl. The molecular weight excluding hydrogens is 1240 g/mol. The molecular formula is C64H65Cl5N12O8. The molecule has 0 bridgehead atoms. The Kier molecular flexibility index (Phi) is 23.6. The van der Waals surface area contributed by atoms with E-state index in [-0.39, 0.29) is 16.0 Å². The van der Waals surface area contributed by atoms with Crippen LogP contribution in [0.2, 0.25) is 20.1 Å². The number of hydrogen-bond donors (Lipinski definition) is 4. The molecule has 0 aliphatic carbocycles. The van der Waals surface area contributed by atoms with E-state index in [2.05, 4.69) is 82.9 Å². The van der Waals surface area contributed by atoms with Crippen LogP contribution < -0.4 is 50.1 Å². The summed E-state index contributed by atoms with van der Waals surface area (Å²) in [5, 5.41) is 10.0. The molecule has 2 saturated heterocycles. The van der Waals surface area contributed by atoms with E-state index >= 15 is 0 Å². The summed E-state index contributed by atoms with van der Waals surface area (Å²) in [6.07, 6.45) is 9.56. The molecule has 6 heterocycles. The number of methoxy groups -OCH3 is 4. The maximum Gasteiger partial charge on any atom is 0.247 e. The molecule has 8 aromatic rings. The molecule has 2 aliphatic heterocycles. The van der Waals surface area contributed by atoms with Crippen LogP contribution in [0.15, 0.2) is 135 Å². The number of amides is 1. The Morgan fingerprint density at radius 3 is 1.39 bits per heavy atom. The standard InChI is InChI=1S/C32H32Cl2N6O4.C29H30Cl2N6O3.C3H3ClO/c1-5-28(41)38-24-13-22(44-17-19-15-40(2)16-19)9-8-20(24)11-21-12-25(37-18-36-21)23-7-6-10-35-32(23)39-31-29(33)26(42-3)14-27(43-4)30(31)34;1-37-13-17(14-37)15-40-20-7-6-18(22(32)11-20)9-19-10-23(35-16-34-19)21-5-4-8-33-29(21)36-28-26(30)24(38-2)12-25(39-3)27(28)31;1-2-3(4)5/h5-10,12-14,18-19H,1,11,15-17H2,2-4H3,(H,35,39)(H,38,41);4-8,10-12,16-17H,9,13-15,32H2,1-3H3,(H,33,36);2H,1H2. The molecule has 1 amide bonds. The number of allylic oxidation sites excluding steroid dienone is 1. The topological polar surface area (TPSA) is 235 Å². The van der Waals surface area contributed by atoms with Crippen molar-refractivity contribution in [3.05, 3.63) is 178 Å². The predicted molar refractivity (Wildman–Crippen MR) is 352 cm³/mol. The summed E-state index contributed by atoms with van der Waals surface area (Å²) in [5.74, 6) is 4.79. The molecule has 5 N–H and O–H groups in total. The zero-order valence-corrected chi connectivity index (χ0v) is 53.4. The van der Waals surface area contributed by atoms with Crippen molar-refractivity contribution in [2.75, 3.05) is 104 Å². The summed E-state index contributed by atoms with van der Waals surface area (Å²) in [5.41, 5.74) is 14.5. The second-order valence-electron chi connectivity index (χ2n) is 20.4. The van der Waals surface area contributed by atoms with Crippen LogP contribution in [0.25, 0.3) is 22.5 Å². The van der Waals surface area contributed by atoms with Crippen LogP contribution in [-0.4, -0.2) is 133 Å². The number of halogens is 5. The minimum atomic E-state index is -0.509. The van der Waals surface area contributed by atoms with E-state index < -0.39 is 5.24 Å². The molecule has 25 heteroatoms. The Balaban J connectivity index is 0.000000215. The number of likely N-dealkylation sites (tertiary alicyclic amines) is 2. The zero-order valence-electron chi connectivity index (χ0n) is 49.6. The number of nitrogen functional groups attached to an aromatic ring is 1. The van der Waals surface area contributed by atoms with Crippen molar-refractivity contribution in [1.29, 1.82) is 0 Å². The Hall–Kier alpha value is -8.47. The number of carbonyl (C=O) groups excluding carboxylic acids is 2. The van der Waals surface area contributed by atoms with Gasteiger partial charge in [0.05, 0.1) is 64.4 Å². The van der Waals surface area contributed by atoms with Gasteiger partial charge in [0.2, 0.25) is 11.1 Å². The molecule has 89 heavy (non-hydrogen) atoms. The first kappa shape index (κ1) is 66.5. The predicted octanol–water partition coefficient (Wildman–Crippen LogP) is 12.9. The smallest absolute Gasteiger partial charge is 0.247 e. The average molecular weight is 1310 g/mol. The number of pyridine rings is 2. The number of nitrogens with two attached hydrogens (primary N) is 1. The van der Waals surface area contributed by atoms with Crippen LogP contribution in [0.1, 0.15) is 22.5 Å². The average Bonchev–Trinajstić information content (AvgIpc) is 1.24. The summed E-state index contributed by atoms with van der Waals surface area (Å²) in [4.78, 5) is 53.3. The number of benzene rings is 4. The molecule has 4 aromatic heterocycles. The number of carbonyl (C=O) groups is 2. The van der Waals surface area contributed by atoms with Gasteiger partial charge in [-0.05, 0) is 97.5 Å². The molecule has 2 fully saturated rings. The molecule has 2 aliphatic rings. The highest BCUT2D eigenvalue weighted by Crippen LogP contribution is 2.47. The van der Waals surface area contributed by atoms with Crippen LogP contribution >= 0.6 is 58.0 Å². The van der Waals surface area contributed by atoms with Gasteiger partial charge in [0.1, 0.15) is 78.9 Å². The van der Waals surface area contributed by atoms with Crippen LogP contribution in [0.4, 0.5) is 34.4 Å². The maximum atomic E-state index is 12.3. The van der Waals surface area contributed by atoms with Gasteiger partial charge < -0.3 is 59.9 Å². The zero-order chi connectivity index (χ0) is 63.7. The first-order chi connectivity index (χ1) is 42.9. The molecule has 4 aromatic carbocycles. The van der Waals surface area contributed by atoms with Crippen LogP contribution in [-0.2, 0) is 22.4 Å². The van der Waals surface area contributed by atoms with E-state index in [0.717, 1.165) is 66.1 Å². The second-order valence-corrected chi connectivity index (χ2v) is 22.3. The van der Waals surface area contributed by atoms with Gasteiger partial charge in [0.25, 0.3) is 0 Å². The Bertz CT molecular complexity index is 3780. The van der Waals surface area contributed by atoms with E-state index in [0.29, 0.717) is 128 Å². The summed E-state index contributed by atoms with van der Waals surface area (Å²) in [6, 6.07) is 25.9. The van der Waals surface area contributed by atoms with Gasteiger partial charge in [-0.1, -0.05) is 71.7 Å². The first-order valence-electron chi connectivity index (χ1n) is 27.6. The van der Waals surface area contributed by atoms with Gasteiger partial charge in [0.15, 0.2) is 0 Å². The van der Waals surface area contributed by atoms with Gasteiger partial charge in [0, 0.05) is 121 Å². The highest BCUT2D eigenvalue weighted by Gasteiger charge is 2.26. The van der Waals surface area contributed by atoms with Gasteiger partial charge in [-0.15, -0.1) is 0 Å². The molecule has 20 nitrogen and oxygen atoms in total. The lowest BCUT2D eigenvalue weighted by molar-refractivity contribution is -0.112. The number of rotatable bonds is 23. The van der Waals surface area contributed by atoms with Crippen LogP contribution in [0.3, 0.4) is 0 Å². The summed E-state index contributed by atoms with van der Waals surface area (Å²) >= 11 is 31.1.